The number of hydrogen-bond acceptors (Lipinski definition) is 6. The lowest BCUT2D eigenvalue weighted by Crippen LogP contribution is -2.25. The lowest BCUT2D eigenvalue weighted by atomic mass is 10.1. The van der Waals surface area contributed by atoms with Crippen LogP contribution in [0.4, 0.5) is 4.79 Å². The number of rotatable bonds is 11. The van der Waals surface area contributed by atoms with Gasteiger partial charge in [0.2, 0.25) is 5.91 Å². The highest BCUT2D eigenvalue weighted by Gasteiger charge is 2.32. The second-order valence-corrected chi connectivity index (χ2v) is 7.21. The summed E-state index contributed by atoms with van der Waals surface area (Å²) in [5.74, 6) is 1.71. The minimum absolute atomic E-state index is 0.260. The molecule has 6 nitrogen and oxygen atoms in total. The summed E-state index contributed by atoms with van der Waals surface area (Å²) in [4.78, 5) is 23.4. The standard InChI is InChI=1S/C19H27NO5S/c1-4-7-23-14-12-16(25-9-6-3)15(24-8-5-2)10-13(14)11-17-18(21)20-19(22)26-17/h10,12,17H,4-9,11H2,1-3H3,(H,20,21,22). The number of nitrogens with one attached hydrogen (secondary N) is 1. The normalized spacial score (nSPS) is 16.5. The van der Waals surface area contributed by atoms with Crippen LogP contribution in [0.15, 0.2) is 12.1 Å². The first-order chi connectivity index (χ1) is 12.6. The number of amides is 2. The van der Waals surface area contributed by atoms with E-state index in [-0.39, 0.29) is 11.1 Å². The van der Waals surface area contributed by atoms with Crippen molar-refractivity contribution in [2.45, 2.75) is 51.7 Å². The number of imide groups is 1. The SMILES string of the molecule is CCCOc1cc(OCCC)c(OCCC)cc1CC1SC(=O)NC1=O. The molecule has 26 heavy (non-hydrogen) atoms. The summed E-state index contributed by atoms with van der Waals surface area (Å²) in [6.07, 6.45) is 3.04. The predicted octanol–water partition coefficient (Wildman–Crippen LogP) is 3.95. The van der Waals surface area contributed by atoms with E-state index in [1.807, 2.05) is 32.9 Å². The van der Waals surface area contributed by atoms with Gasteiger partial charge < -0.3 is 14.2 Å². The fourth-order valence-electron chi connectivity index (χ4n) is 2.47. The molecule has 1 fully saturated rings. The topological polar surface area (TPSA) is 73.9 Å². The zero-order valence-corrected chi connectivity index (χ0v) is 16.4. The van der Waals surface area contributed by atoms with Gasteiger partial charge in [0.25, 0.3) is 5.24 Å². The Morgan fingerprint density at radius 2 is 1.42 bits per heavy atom. The first kappa shape index (κ1) is 20.4. The Morgan fingerprint density at radius 3 is 1.92 bits per heavy atom. The third kappa shape index (κ3) is 5.56. The summed E-state index contributed by atoms with van der Waals surface area (Å²) >= 11 is 1.02. The maximum absolute atomic E-state index is 11.9. The third-order valence-electron chi connectivity index (χ3n) is 3.68. The Hall–Kier alpha value is -1.89. The van der Waals surface area contributed by atoms with Gasteiger partial charge in [-0.2, -0.15) is 0 Å². The molecular weight excluding hydrogens is 354 g/mol. The summed E-state index contributed by atoms with van der Waals surface area (Å²) < 4.78 is 17.5. The van der Waals surface area contributed by atoms with Gasteiger partial charge in [-0.15, -0.1) is 0 Å². The molecule has 0 saturated carbocycles. The number of thioether (sulfide) groups is 1. The molecule has 1 aliphatic rings. The molecule has 1 N–H and O–H groups in total. The van der Waals surface area contributed by atoms with Crippen molar-refractivity contribution >= 4 is 22.9 Å². The summed E-state index contributed by atoms with van der Waals surface area (Å²) in [5, 5.41) is 1.57. The first-order valence-corrected chi connectivity index (χ1v) is 10.0. The molecule has 0 spiro atoms. The fraction of sp³-hybridized carbons (Fsp3) is 0.579. The van der Waals surface area contributed by atoms with Gasteiger partial charge in [0.05, 0.1) is 25.1 Å². The second kappa shape index (κ2) is 10.3. The average Bonchev–Trinajstić information content (AvgIpc) is 2.94. The van der Waals surface area contributed by atoms with Crippen LogP contribution in [0.3, 0.4) is 0 Å². The molecule has 1 unspecified atom stereocenters. The largest absolute Gasteiger partial charge is 0.493 e. The Bertz CT molecular complexity index is 635. The third-order valence-corrected chi connectivity index (χ3v) is 4.67. The molecule has 0 bridgehead atoms. The van der Waals surface area contributed by atoms with E-state index in [1.54, 1.807) is 0 Å². The highest BCUT2D eigenvalue weighted by atomic mass is 32.2. The molecular formula is C19H27NO5S. The van der Waals surface area contributed by atoms with Gasteiger partial charge in [-0.25, -0.2) is 0 Å². The molecule has 1 heterocycles. The second-order valence-electron chi connectivity index (χ2n) is 6.04. The number of ether oxygens (including phenoxy) is 3. The molecule has 0 aliphatic carbocycles. The van der Waals surface area contributed by atoms with Gasteiger partial charge in [0.15, 0.2) is 11.5 Å². The quantitative estimate of drug-likeness (QED) is 0.626. The van der Waals surface area contributed by atoms with Gasteiger partial charge in [-0.05, 0) is 37.3 Å². The molecule has 144 valence electrons. The monoisotopic (exact) mass is 381 g/mol. The first-order valence-electron chi connectivity index (χ1n) is 9.15. The van der Waals surface area contributed by atoms with Crippen molar-refractivity contribution in [2.24, 2.45) is 0 Å². The Kier molecular flexibility index (Phi) is 8.09. The van der Waals surface area contributed by atoms with Crippen LogP contribution in [-0.4, -0.2) is 36.2 Å². The van der Waals surface area contributed by atoms with Crippen LogP contribution in [0, 0.1) is 0 Å². The maximum atomic E-state index is 11.9. The van der Waals surface area contributed by atoms with Gasteiger partial charge in [-0.3, -0.25) is 14.9 Å². The molecule has 7 heteroatoms. The Balaban J connectivity index is 2.31. The van der Waals surface area contributed by atoms with Crippen LogP contribution < -0.4 is 19.5 Å². The van der Waals surface area contributed by atoms with Crippen LogP contribution in [0.1, 0.15) is 45.6 Å². The van der Waals surface area contributed by atoms with Gasteiger partial charge in [-0.1, -0.05) is 32.5 Å². The van der Waals surface area contributed by atoms with Crippen molar-refractivity contribution in [3.05, 3.63) is 17.7 Å². The minimum atomic E-state index is -0.451. The maximum Gasteiger partial charge on any atom is 0.286 e. The van der Waals surface area contributed by atoms with Crippen molar-refractivity contribution in [3.8, 4) is 17.2 Å². The average molecular weight is 381 g/mol. The number of benzene rings is 1. The zero-order valence-electron chi connectivity index (χ0n) is 15.6. The van der Waals surface area contributed by atoms with Crippen molar-refractivity contribution < 1.29 is 23.8 Å². The Morgan fingerprint density at radius 1 is 0.885 bits per heavy atom. The highest BCUT2D eigenvalue weighted by molar-refractivity contribution is 8.15. The summed E-state index contributed by atoms with van der Waals surface area (Å²) in [5.41, 5.74) is 0.843. The van der Waals surface area contributed by atoms with Crippen LogP contribution in [0.25, 0.3) is 0 Å². The van der Waals surface area contributed by atoms with E-state index in [4.69, 9.17) is 14.2 Å². The molecule has 1 atom stereocenters. The summed E-state index contributed by atoms with van der Waals surface area (Å²) in [6, 6.07) is 3.72. The van der Waals surface area contributed by atoms with E-state index >= 15 is 0 Å². The highest BCUT2D eigenvalue weighted by Crippen LogP contribution is 2.37. The van der Waals surface area contributed by atoms with Gasteiger partial charge >= 0.3 is 0 Å². The van der Waals surface area contributed by atoms with E-state index < -0.39 is 5.25 Å². The van der Waals surface area contributed by atoms with E-state index in [9.17, 15) is 9.59 Å². The van der Waals surface area contributed by atoms with Gasteiger partial charge in [0, 0.05) is 6.07 Å². The summed E-state index contributed by atoms with van der Waals surface area (Å²) in [6.45, 7) is 7.85. The number of carbonyl (C=O) groups excluding carboxylic acids is 2. The molecule has 0 aromatic heterocycles. The summed E-state index contributed by atoms with van der Waals surface area (Å²) in [7, 11) is 0. The lowest BCUT2D eigenvalue weighted by molar-refractivity contribution is -0.118. The van der Waals surface area contributed by atoms with Crippen LogP contribution >= 0.6 is 11.8 Å². The lowest BCUT2D eigenvalue weighted by Gasteiger charge is -2.18. The molecule has 1 saturated heterocycles. The fourth-order valence-corrected chi connectivity index (χ4v) is 3.31. The van der Waals surface area contributed by atoms with Crippen molar-refractivity contribution in [1.82, 2.24) is 5.32 Å². The van der Waals surface area contributed by atoms with E-state index in [0.29, 0.717) is 43.5 Å². The van der Waals surface area contributed by atoms with Crippen LogP contribution in [0.2, 0.25) is 0 Å². The van der Waals surface area contributed by atoms with Crippen molar-refractivity contribution in [1.29, 1.82) is 0 Å². The molecule has 2 amide bonds. The van der Waals surface area contributed by atoms with Crippen molar-refractivity contribution in [3.63, 3.8) is 0 Å². The van der Waals surface area contributed by atoms with Gasteiger partial charge in [0.1, 0.15) is 5.75 Å². The molecule has 1 aromatic rings. The van der Waals surface area contributed by atoms with Crippen molar-refractivity contribution in [2.75, 3.05) is 19.8 Å². The number of hydrogen-bond donors (Lipinski definition) is 1. The van der Waals surface area contributed by atoms with E-state index in [0.717, 1.165) is 36.6 Å². The Labute approximate surface area is 159 Å². The minimum Gasteiger partial charge on any atom is -0.493 e. The number of carbonyl (C=O) groups is 2. The molecule has 2 rings (SSSR count). The predicted molar refractivity (Wildman–Crippen MR) is 102 cm³/mol. The van der Waals surface area contributed by atoms with Crippen LogP contribution in [0.5, 0.6) is 17.2 Å². The molecule has 1 aromatic carbocycles. The molecule has 0 radical (unpaired) electrons. The van der Waals surface area contributed by atoms with Crippen LogP contribution in [-0.2, 0) is 11.2 Å². The zero-order chi connectivity index (χ0) is 18.9. The van der Waals surface area contributed by atoms with E-state index in [1.165, 1.54) is 0 Å². The smallest absolute Gasteiger partial charge is 0.286 e. The molecule has 1 aliphatic heterocycles. The van der Waals surface area contributed by atoms with E-state index in [2.05, 4.69) is 5.32 Å².